The van der Waals surface area contributed by atoms with Crippen molar-refractivity contribution < 1.29 is 14.3 Å². The van der Waals surface area contributed by atoms with Crippen LogP contribution in [0.5, 0.6) is 11.5 Å². The third-order valence-electron chi connectivity index (χ3n) is 4.09. The van der Waals surface area contributed by atoms with Gasteiger partial charge in [0.25, 0.3) is 0 Å². The quantitative estimate of drug-likeness (QED) is 0.687. The molecule has 2 atom stereocenters. The summed E-state index contributed by atoms with van der Waals surface area (Å²) in [7, 11) is 1.63. The second kappa shape index (κ2) is 9.69. The molecule has 0 bridgehead atoms. The van der Waals surface area contributed by atoms with Crippen molar-refractivity contribution in [1.82, 2.24) is 5.32 Å². The Morgan fingerprint density at radius 3 is 2.36 bits per heavy atom. The standard InChI is InChI=1S/C20H26N2O3/c1-15(19(21)16-7-4-3-5-8-16)20(23)22-13-6-14-25-18-11-9-17(24-2)10-12-18/h3-5,7-12,15,19H,6,13-14,21H2,1-2H3,(H,22,23). The molecule has 3 N–H and O–H groups in total. The van der Waals surface area contributed by atoms with Crippen molar-refractivity contribution in [3.63, 3.8) is 0 Å². The topological polar surface area (TPSA) is 73.6 Å². The minimum absolute atomic E-state index is 0.0409. The van der Waals surface area contributed by atoms with Crippen LogP contribution in [0.2, 0.25) is 0 Å². The average Bonchev–Trinajstić information content (AvgIpc) is 2.67. The van der Waals surface area contributed by atoms with Gasteiger partial charge in [-0.15, -0.1) is 0 Å². The molecule has 2 rings (SSSR count). The van der Waals surface area contributed by atoms with Crippen molar-refractivity contribution >= 4 is 5.91 Å². The number of ether oxygens (including phenoxy) is 2. The van der Waals surface area contributed by atoms with E-state index in [9.17, 15) is 4.79 Å². The molecule has 0 fully saturated rings. The van der Waals surface area contributed by atoms with E-state index >= 15 is 0 Å². The highest BCUT2D eigenvalue weighted by molar-refractivity contribution is 5.79. The maximum atomic E-state index is 12.2. The molecular weight excluding hydrogens is 316 g/mol. The number of amides is 1. The van der Waals surface area contributed by atoms with Crippen molar-refractivity contribution in [3.8, 4) is 11.5 Å². The van der Waals surface area contributed by atoms with Crippen LogP contribution in [0.4, 0.5) is 0 Å². The maximum absolute atomic E-state index is 12.2. The van der Waals surface area contributed by atoms with E-state index in [0.717, 1.165) is 23.5 Å². The predicted octanol–water partition coefficient (Wildman–Crippen LogP) is 2.92. The Bertz CT molecular complexity index is 644. The van der Waals surface area contributed by atoms with Gasteiger partial charge in [-0.2, -0.15) is 0 Å². The zero-order valence-electron chi connectivity index (χ0n) is 14.8. The summed E-state index contributed by atoms with van der Waals surface area (Å²) in [6, 6.07) is 16.8. The minimum atomic E-state index is -0.309. The zero-order chi connectivity index (χ0) is 18.1. The fraction of sp³-hybridized carbons (Fsp3) is 0.350. The molecule has 2 aromatic rings. The van der Waals surface area contributed by atoms with Gasteiger partial charge in [-0.3, -0.25) is 4.79 Å². The third kappa shape index (κ3) is 5.80. The fourth-order valence-electron chi connectivity index (χ4n) is 2.43. The first-order valence-electron chi connectivity index (χ1n) is 8.47. The van der Waals surface area contributed by atoms with Crippen LogP contribution in [0, 0.1) is 5.92 Å². The summed E-state index contributed by atoms with van der Waals surface area (Å²) in [6.07, 6.45) is 0.727. The van der Waals surface area contributed by atoms with Gasteiger partial charge >= 0.3 is 0 Å². The largest absolute Gasteiger partial charge is 0.497 e. The number of benzene rings is 2. The van der Waals surface area contributed by atoms with E-state index in [-0.39, 0.29) is 17.9 Å². The zero-order valence-corrected chi connectivity index (χ0v) is 14.8. The van der Waals surface area contributed by atoms with Crippen LogP contribution < -0.4 is 20.5 Å². The predicted molar refractivity (Wildman–Crippen MR) is 98.7 cm³/mol. The molecule has 0 saturated carbocycles. The molecule has 1 amide bonds. The summed E-state index contributed by atoms with van der Waals surface area (Å²) >= 11 is 0. The number of carbonyl (C=O) groups is 1. The van der Waals surface area contributed by atoms with Crippen LogP contribution in [0.15, 0.2) is 54.6 Å². The number of methoxy groups -OCH3 is 1. The molecular formula is C20H26N2O3. The Balaban J connectivity index is 1.67. The number of hydrogen-bond donors (Lipinski definition) is 2. The Labute approximate surface area is 149 Å². The molecule has 2 aromatic carbocycles. The van der Waals surface area contributed by atoms with E-state index in [0.29, 0.717) is 13.2 Å². The highest BCUT2D eigenvalue weighted by atomic mass is 16.5. The Morgan fingerprint density at radius 1 is 1.08 bits per heavy atom. The molecule has 25 heavy (non-hydrogen) atoms. The van der Waals surface area contributed by atoms with Gasteiger partial charge in [0, 0.05) is 12.6 Å². The van der Waals surface area contributed by atoms with Crippen molar-refractivity contribution in [1.29, 1.82) is 0 Å². The van der Waals surface area contributed by atoms with Crippen molar-refractivity contribution in [2.75, 3.05) is 20.3 Å². The number of nitrogens with two attached hydrogens (primary N) is 1. The molecule has 0 radical (unpaired) electrons. The number of carbonyl (C=O) groups excluding carboxylic acids is 1. The summed E-state index contributed by atoms with van der Waals surface area (Å²) in [4.78, 5) is 12.2. The third-order valence-corrected chi connectivity index (χ3v) is 4.09. The number of hydrogen-bond acceptors (Lipinski definition) is 4. The minimum Gasteiger partial charge on any atom is -0.497 e. The van der Waals surface area contributed by atoms with Gasteiger partial charge in [-0.25, -0.2) is 0 Å². The summed E-state index contributed by atoms with van der Waals surface area (Å²) in [5.74, 6) is 1.25. The average molecular weight is 342 g/mol. The molecule has 5 heteroatoms. The number of rotatable bonds is 9. The lowest BCUT2D eigenvalue weighted by Crippen LogP contribution is -2.36. The van der Waals surface area contributed by atoms with E-state index in [1.165, 1.54) is 0 Å². The Hall–Kier alpha value is -2.53. The molecule has 0 heterocycles. The molecule has 5 nitrogen and oxygen atoms in total. The van der Waals surface area contributed by atoms with E-state index in [1.807, 2.05) is 61.5 Å². The fourth-order valence-corrected chi connectivity index (χ4v) is 2.43. The van der Waals surface area contributed by atoms with Crippen LogP contribution in [0.25, 0.3) is 0 Å². The van der Waals surface area contributed by atoms with Gasteiger partial charge in [0.05, 0.1) is 19.6 Å². The summed E-state index contributed by atoms with van der Waals surface area (Å²) in [6.45, 7) is 2.94. The van der Waals surface area contributed by atoms with Gasteiger partial charge in [0.15, 0.2) is 0 Å². The molecule has 2 unspecified atom stereocenters. The Kier molecular flexibility index (Phi) is 7.29. The molecule has 0 aliphatic heterocycles. The van der Waals surface area contributed by atoms with Crippen LogP contribution in [-0.4, -0.2) is 26.2 Å². The number of nitrogens with one attached hydrogen (secondary N) is 1. The molecule has 0 aliphatic carbocycles. The molecule has 0 aromatic heterocycles. The summed E-state index contributed by atoms with van der Waals surface area (Å²) < 4.78 is 10.7. The van der Waals surface area contributed by atoms with Crippen LogP contribution in [-0.2, 0) is 4.79 Å². The van der Waals surface area contributed by atoms with E-state index in [2.05, 4.69) is 5.32 Å². The lowest BCUT2D eigenvalue weighted by molar-refractivity contribution is -0.125. The van der Waals surface area contributed by atoms with Crippen molar-refractivity contribution in [2.24, 2.45) is 11.7 Å². The van der Waals surface area contributed by atoms with E-state index in [4.69, 9.17) is 15.2 Å². The molecule has 0 spiro atoms. The van der Waals surface area contributed by atoms with Gasteiger partial charge in [-0.1, -0.05) is 37.3 Å². The van der Waals surface area contributed by atoms with Crippen LogP contribution >= 0.6 is 0 Å². The van der Waals surface area contributed by atoms with Gasteiger partial charge < -0.3 is 20.5 Å². The highest BCUT2D eigenvalue weighted by Crippen LogP contribution is 2.19. The van der Waals surface area contributed by atoms with Gasteiger partial charge in [0.1, 0.15) is 11.5 Å². The van der Waals surface area contributed by atoms with E-state index < -0.39 is 0 Å². The second-order valence-electron chi connectivity index (χ2n) is 5.89. The van der Waals surface area contributed by atoms with Gasteiger partial charge in [-0.05, 0) is 36.2 Å². The molecule has 134 valence electrons. The van der Waals surface area contributed by atoms with Crippen LogP contribution in [0.1, 0.15) is 24.9 Å². The van der Waals surface area contributed by atoms with Crippen LogP contribution in [0.3, 0.4) is 0 Å². The normalized spacial score (nSPS) is 12.9. The molecule has 0 saturated heterocycles. The first-order valence-corrected chi connectivity index (χ1v) is 8.47. The first kappa shape index (κ1) is 18.8. The smallest absolute Gasteiger partial charge is 0.224 e. The second-order valence-corrected chi connectivity index (χ2v) is 5.89. The first-order chi connectivity index (χ1) is 12.1. The summed E-state index contributed by atoms with van der Waals surface area (Å²) in [5.41, 5.74) is 7.14. The van der Waals surface area contributed by atoms with Crippen molar-refractivity contribution in [3.05, 3.63) is 60.2 Å². The Morgan fingerprint density at radius 2 is 1.72 bits per heavy atom. The lowest BCUT2D eigenvalue weighted by atomic mass is 9.95. The highest BCUT2D eigenvalue weighted by Gasteiger charge is 2.21. The monoisotopic (exact) mass is 342 g/mol. The SMILES string of the molecule is COc1ccc(OCCCNC(=O)C(C)C(N)c2ccccc2)cc1. The van der Waals surface area contributed by atoms with Crippen molar-refractivity contribution in [2.45, 2.75) is 19.4 Å². The van der Waals surface area contributed by atoms with Gasteiger partial charge in [0.2, 0.25) is 5.91 Å². The van der Waals surface area contributed by atoms with E-state index in [1.54, 1.807) is 7.11 Å². The summed E-state index contributed by atoms with van der Waals surface area (Å²) in [5, 5.41) is 2.92. The maximum Gasteiger partial charge on any atom is 0.224 e. The molecule has 0 aliphatic rings. The lowest BCUT2D eigenvalue weighted by Gasteiger charge is -2.19.